The number of fused-ring (bicyclic) bond motifs is 1. The highest BCUT2D eigenvalue weighted by Gasteiger charge is 2.34. The summed E-state index contributed by atoms with van der Waals surface area (Å²) in [6.45, 7) is 3.21. The Kier molecular flexibility index (Phi) is 5.82. The van der Waals surface area contributed by atoms with Gasteiger partial charge in [-0.3, -0.25) is 0 Å². The second kappa shape index (κ2) is 7.83. The molecule has 0 saturated heterocycles. The number of hydrogen-bond acceptors (Lipinski definition) is 3. The largest absolute Gasteiger partial charge is 0.416 e. The highest BCUT2D eigenvalue weighted by atomic mass is 32.2. The van der Waals surface area contributed by atoms with Gasteiger partial charge in [0.1, 0.15) is 10.7 Å². The Morgan fingerprint density at radius 2 is 1.74 bits per heavy atom. The van der Waals surface area contributed by atoms with Crippen molar-refractivity contribution in [1.82, 2.24) is 13.9 Å². The van der Waals surface area contributed by atoms with Crippen molar-refractivity contribution in [3.8, 4) is 0 Å². The summed E-state index contributed by atoms with van der Waals surface area (Å²) in [6, 6.07) is 2.96. The molecule has 12 heteroatoms. The summed E-state index contributed by atoms with van der Waals surface area (Å²) in [4.78, 5) is 3.18. The van der Waals surface area contributed by atoms with Crippen molar-refractivity contribution in [2.24, 2.45) is 0 Å². The summed E-state index contributed by atoms with van der Waals surface area (Å²) in [5.74, 6) is -5.23. The minimum absolute atomic E-state index is 0.103. The Morgan fingerprint density at radius 3 is 2.32 bits per heavy atom. The number of imidazole rings is 1. The number of rotatable bonds is 5. The van der Waals surface area contributed by atoms with E-state index in [1.165, 1.54) is 17.6 Å². The fraction of sp³-hybridized carbons (Fsp3) is 0.316. The Balaban J connectivity index is 2.10. The molecule has 31 heavy (non-hydrogen) atoms. The molecular weight excluding hydrogens is 448 g/mol. The number of halogens is 6. The number of nitrogens with zero attached hydrogens (tertiary/aromatic N) is 3. The van der Waals surface area contributed by atoms with Gasteiger partial charge in [-0.2, -0.15) is 17.5 Å². The van der Waals surface area contributed by atoms with Crippen molar-refractivity contribution < 1.29 is 34.8 Å². The van der Waals surface area contributed by atoms with Crippen LogP contribution >= 0.6 is 0 Å². The molecule has 0 fully saturated rings. The maximum absolute atomic E-state index is 14.1. The third kappa shape index (κ3) is 3.89. The molecule has 0 amide bonds. The molecule has 0 aliphatic rings. The fourth-order valence-electron chi connectivity index (χ4n) is 3.20. The lowest BCUT2D eigenvalue weighted by Crippen LogP contribution is -2.32. The molecule has 0 unspecified atom stereocenters. The van der Waals surface area contributed by atoms with E-state index in [9.17, 15) is 34.8 Å². The van der Waals surface area contributed by atoms with Gasteiger partial charge in [-0.15, -0.1) is 0 Å². The van der Waals surface area contributed by atoms with E-state index in [4.69, 9.17) is 0 Å². The molecule has 3 rings (SSSR count). The standard InChI is InChI=1S/C19H17F6N3O2S/c1-4-28-14-9-11(19(23,24)25)5-7-13(14)26-18(28)10(2)27(3)31(29,30)15-8-6-12(20)16(21)17(15)22/h5-10H,4H2,1-3H3/t10-/m1/s1. The molecule has 0 N–H and O–H groups in total. The van der Waals surface area contributed by atoms with E-state index in [1.54, 1.807) is 6.92 Å². The second-order valence-electron chi connectivity index (χ2n) is 6.79. The average Bonchev–Trinajstić information content (AvgIpc) is 3.07. The minimum atomic E-state index is -4.63. The fourth-order valence-corrected chi connectivity index (χ4v) is 4.58. The van der Waals surface area contributed by atoms with Crippen LogP contribution < -0.4 is 0 Å². The molecular formula is C19H17F6N3O2S. The molecule has 0 aliphatic heterocycles. The van der Waals surface area contributed by atoms with Gasteiger partial charge in [0.25, 0.3) is 0 Å². The molecule has 0 aliphatic carbocycles. The van der Waals surface area contributed by atoms with Crippen molar-refractivity contribution in [3.05, 3.63) is 59.2 Å². The van der Waals surface area contributed by atoms with Crippen LogP contribution in [0.15, 0.2) is 35.2 Å². The third-order valence-electron chi connectivity index (χ3n) is 5.00. The van der Waals surface area contributed by atoms with Gasteiger partial charge < -0.3 is 4.57 Å². The van der Waals surface area contributed by atoms with Gasteiger partial charge in [0.2, 0.25) is 10.0 Å². The number of hydrogen-bond donors (Lipinski definition) is 0. The van der Waals surface area contributed by atoms with E-state index >= 15 is 0 Å². The molecule has 1 aromatic heterocycles. The molecule has 2 aromatic carbocycles. The Labute approximate surface area is 174 Å². The van der Waals surface area contributed by atoms with Crippen LogP contribution in [0, 0.1) is 17.5 Å². The number of alkyl halides is 3. The van der Waals surface area contributed by atoms with Crippen molar-refractivity contribution in [2.75, 3.05) is 7.05 Å². The summed E-state index contributed by atoms with van der Waals surface area (Å²) in [6.07, 6.45) is -4.58. The van der Waals surface area contributed by atoms with Crippen molar-refractivity contribution in [3.63, 3.8) is 0 Å². The third-order valence-corrected chi connectivity index (χ3v) is 6.94. The lowest BCUT2D eigenvalue weighted by molar-refractivity contribution is -0.137. The predicted octanol–water partition coefficient (Wildman–Crippen LogP) is 4.87. The normalized spacial score (nSPS) is 13.9. The molecule has 168 valence electrons. The van der Waals surface area contributed by atoms with Crippen molar-refractivity contribution in [2.45, 2.75) is 37.5 Å². The number of aromatic nitrogens is 2. The first kappa shape index (κ1) is 23.1. The van der Waals surface area contributed by atoms with Gasteiger partial charge >= 0.3 is 6.18 Å². The molecule has 0 radical (unpaired) electrons. The number of aryl methyl sites for hydroxylation is 1. The van der Waals surface area contributed by atoms with Gasteiger partial charge in [-0.25, -0.2) is 26.6 Å². The lowest BCUT2D eigenvalue weighted by Gasteiger charge is -2.24. The van der Waals surface area contributed by atoms with Crippen LogP contribution in [0.4, 0.5) is 26.3 Å². The van der Waals surface area contributed by atoms with Crippen LogP contribution in [0.25, 0.3) is 11.0 Å². The maximum Gasteiger partial charge on any atom is 0.416 e. The van der Waals surface area contributed by atoms with Crippen LogP contribution in [-0.4, -0.2) is 29.3 Å². The first-order chi connectivity index (χ1) is 14.3. The van der Waals surface area contributed by atoms with Gasteiger partial charge in [-0.1, -0.05) is 0 Å². The Morgan fingerprint density at radius 1 is 1.10 bits per heavy atom. The average molecular weight is 465 g/mol. The zero-order chi connectivity index (χ0) is 23.3. The maximum atomic E-state index is 14.1. The van der Waals surface area contributed by atoms with Gasteiger partial charge in [-0.05, 0) is 44.2 Å². The molecule has 5 nitrogen and oxygen atoms in total. The monoisotopic (exact) mass is 465 g/mol. The molecule has 1 atom stereocenters. The van der Waals surface area contributed by atoms with Crippen molar-refractivity contribution >= 4 is 21.1 Å². The van der Waals surface area contributed by atoms with E-state index in [2.05, 4.69) is 4.98 Å². The van der Waals surface area contributed by atoms with E-state index in [1.807, 2.05) is 0 Å². The summed E-state index contributed by atoms with van der Waals surface area (Å²) >= 11 is 0. The quantitative estimate of drug-likeness (QED) is 0.399. The summed E-state index contributed by atoms with van der Waals surface area (Å²) in [5.41, 5.74) is -0.538. The summed E-state index contributed by atoms with van der Waals surface area (Å²) < 4.78 is 108. The van der Waals surface area contributed by atoms with Crippen LogP contribution in [0.2, 0.25) is 0 Å². The lowest BCUT2D eigenvalue weighted by atomic mass is 10.2. The van der Waals surface area contributed by atoms with Gasteiger partial charge in [0.15, 0.2) is 17.5 Å². The Hall–Kier alpha value is -2.60. The highest BCUT2D eigenvalue weighted by molar-refractivity contribution is 7.89. The van der Waals surface area contributed by atoms with E-state index in [0.29, 0.717) is 16.4 Å². The molecule has 3 aromatic rings. The molecule has 1 heterocycles. The summed E-state index contributed by atoms with van der Waals surface area (Å²) in [7, 11) is -3.55. The van der Waals surface area contributed by atoms with Gasteiger partial charge in [0.05, 0.1) is 22.6 Å². The molecule has 0 spiro atoms. The smallest absolute Gasteiger partial charge is 0.327 e. The van der Waals surface area contributed by atoms with Crippen LogP contribution in [0.3, 0.4) is 0 Å². The SMILES string of the molecule is CCn1c([C@@H](C)N(C)S(=O)(=O)c2ccc(F)c(F)c2F)nc2ccc(C(F)(F)F)cc21. The number of sulfonamides is 1. The van der Waals surface area contributed by atoms with E-state index < -0.39 is 50.2 Å². The molecule has 0 bridgehead atoms. The van der Waals surface area contributed by atoms with Crippen LogP contribution in [0.5, 0.6) is 0 Å². The topological polar surface area (TPSA) is 55.2 Å². The highest BCUT2D eigenvalue weighted by Crippen LogP contribution is 2.34. The first-order valence-corrected chi connectivity index (χ1v) is 10.4. The van der Waals surface area contributed by atoms with Crippen molar-refractivity contribution in [1.29, 1.82) is 0 Å². The molecule has 0 saturated carbocycles. The van der Waals surface area contributed by atoms with Crippen LogP contribution in [0.1, 0.15) is 31.3 Å². The number of benzene rings is 2. The van der Waals surface area contributed by atoms with Crippen LogP contribution in [-0.2, 0) is 22.7 Å². The van der Waals surface area contributed by atoms with E-state index in [0.717, 1.165) is 19.2 Å². The predicted molar refractivity (Wildman–Crippen MR) is 100 cm³/mol. The zero-order valence-electron chi connectivity index (χ0n) is 16.5. The first-order valence-electron chi connectivity index (χ1n) is 8.99. The minimum Gasteiger partial charge on any atom is -0.327 e. The van der Waals surface area contributed by atoms with Gasteiger partial charge in [0, 0.05) is 13.6 Å². The Bertz CT molecular complexity index is 1250. The zero-order valence-corrected chi connectivity index (χ0v) is 17.3. The summed E-state index contributed by atoms with van der Waals surface area (Å²) in [5, 5.41) is 0. The van der Waals surface area contributed by atoms with E-state index in [-0.39, 0.29) is 23.4 Å². The second-order valence-corrected chi connectivity index (χ2v) is 8.75.